The molecule has 0 N–H and O–H groups in total. The Bertz CT molecular complexity index is 431. The topological polar surface area (TPSA) is 13.1 Å². The van der Waals surface area contributed by atoms with E-state index >= 15 is 0 Å². The summed E-state index contributed by atoms with van der Waals surface area (Å²) in [5.41, 5.74) is 0.977. The third-order valence-electron chi connectivity index (χ3n) is 2.36. The summed E-state index contributed by atoms with van der Waals surface area (Å²) in [5.74, 6) is 1.08. The molecule has 0 saturated heterocycles. The first-order valence-electron chi connectivity index (χ1n) is 4.99. The number of aryl methyl sites for hydroxylation is 1. The van der Waals surface area contributed by atoms with E-state index in [2.05, 4.69) is 28.9 Å². The van der Waals surface area contributed by atoms with Crippen LogP contribution in [0.2, 0.25) is 0 Å². The molecule has 0 unspecified atom stereocenters. The third-order valence-corrected chi connectivity index (χ3v) is 3.23. The van der Waals surface area contributed by atoms with E-state index in [4.69, 9.17) is 4.42 Å². The zero-order valence-electron chi connectivity index (χ0n) is 8.22. The van der Waals surface area contributed by atoms with Crippen LogP contribution in [0.3, 0.4) is 0 Å². The summed E-state index contributed by atoms with van der Waals surface area (Å²) in [4.78, 5) is 0. The van der Waals surface area contributed by atoms with Crippen LogP contribution in [0.15, 0.2) is 33.2 Å². The van der Waals surface area contributed by atoms with E-state index < -0.39 is 0 Å². The highest BCUT2D eigenvalue weighted by molar-refractivity contribution is 9.10. The van der Waals surface area contributed by atoms with Gasteiger partial charge in [-0.3, -0.25) is 0 Å². The molecule has 0 aliphatic rings. The van der Waals surface area contributed by atoms with Gasteiger partial charge in [-0.05, 0) is 34.5 Å². The summed E-state index contributed by atoms with van der Waals surface area (Å²) in [6.07, 6.45) is 3.40. The van der Waals surface area contributed by atoms with Crippen LogP contribution in [0.5, 0.6) is 0 Å². The van der Waals surface area contributed by atoms with Crippen molar-refractivity contribution in [2.75, 3.05) is 0 Å². The van der Waals surface area contributed by atoms with Crippen molar-refractivity contribution in [3.05, 3.63) is 34.5 Å². The Labute approximate surface area is 92.2 Å². The molecule has 0 aliphatic heterocycles. The number of fused-ring (bicyclic) bond motifs is 1. The second-order valence-corrected chi connectivity index (χ2v) is 4.23. The van der Waals surface area contributed by atoms with Crippen molar-refractivity contribution < 1.29 is 4.42 Å². The number of hydrogen-bond acceptors (Lipinski definition) is 1. The molecule has 1 heterocycles. The van der Waals surface area contributed by atoms with Crippen LogP contribution in [0, 0.1) is 0 Å². The van der Waals surface area contributed by atoms with E-state index in [0.29, 0.717) is 0 Å². The maximum absolute atomic E-state index is 5.75. The lowest BCUT2D eigenvalue weighted by molar-refractivity contribution is 0.534. The molecule has 1 aromatic heterocycles. The Kier molecular flexibility index (Phi) is 2.92. The molecule has 2 aromatic rings. The number of furan rings is 1. The molecule has 0 aliphatic carbocycles. The van der Waals surface area contributed by atoms with Gasteiger partial charge >= 0.3 is 0 Å². The zero-order chi connectivity index (χ0) is 9.97. The van der Waals surface area contributed by atoms with Gasteiger partial charge in [0.05, 0.1) is 4.47 Å². The van der Waals surface area contributed by atoms with Gasteiger partial charge in [0.15, 0.2) is 0 Å². The Hall–Kier alpha value is -0.760. The van der Waals surface area contributed by atoms with Crippen molar-refractivity contribution in [3.8, 4) is 0 Å². The Balaban J connectivity index is 2.41. The van der Waals surface area contributed by atoms with Crippen LogP contribution in [-0.2, 0) is 6.42 Å². The van der Waals surface area contributed by atoms with Crippen molar-refractivity contribution in [2.24, 2.45) is 0 Å². The fourth-order valence-corrected chi connectivity index (χ4v) is 2.17. The van der Waals surface area contributed by atoms with Gasteiger partial charge in [0.2, 0.25) is 0 Å². The molecule has 2 rings (SSSR count). The summed E-state index contributed by atoms with van der Waals surface area (Å²) < 4.78 is 6.88. The number of halogens is 1. The lowest BCUT2D eigenvalue weighted by atomic mass is 10.2. The minimum Gasteiger partial charge on any atom is -0.460 e. The predicted octanol–water partition coefficient (Wildman–Crippen LogP) is 4.54. The molecule has 1 nitrogen and oxygen atoms in total. The fraction of sp³-hybridized carbons (Fsp3) is 0.333. The van der Waals surface area contributed by atoms with Crippen LogP contribution >= 0.6 is 15.9 Å². The van der Waals surface area contributed by atoms with E-state index in [1.54, 1.807) is 0 Å². The van der Waals surface area contributed by atoms with Crippen LogP contribution in [-0.4, -0.2) is 0 Å². The highest BCUT2D eigenvalue weighted by Gasteiger charge is 2.09. The van der Waals surface area contributed by atoms with Crippen molar-refractivity contribution in [1.29, 1.82) is 0 Å². The minimum atomic E-state index is 0.977. The molecular weight excluding hydrogens is 240 g/mol. The van der Waals surface area contributed by atoms with Gasteiger partial charge in [-0.15, -0.1) is 0 Å². The largest absolute Gasteiger partial charge is 0.460 e. The monoisotopic (exact) mass is 252 g/mol. The number of hydrogen-bond donors (Lipinski definition) is 0. The smallest absolute Gasteiger partial charge is 0.135 e. The summed E-state index contributed by atoms with van der Waals surface area (Å²) in [7, 11) is 0. The second-order valence-electron chi connectivity index (χ2n) is 3.44. The number of unbranched alkanes of at least 4 members (excludes halogenated alkanes) is 1. The quantitative estimate of drug-likeness (QED) is 0.782. The van der Waals surface area contributed by atoms with Crippen molar-refractivity contribution in [3.63, 3.8) is 0 Å². The normalized spacial score (nSPS) is 11.0. The number of para-hydroxylation sites is 1. The van der Waals surface area contributed by atoms with Crippen molar-refractivity contribution in [2.45, 2.75) is 26.2 Å². The van der Waals surface area contributed by atoms with Crippen molar-refractivity contribution >= 4 is 26.9 Å². The van der Waals surface area contributed by atoms with Gasteiger partial charge in [0.25, 0.3) is 0 Å². The van der Waals surface area contributed by atoms with Crippen LogP contribution < -0.4 is 0 Å². The molecule has 0 atom stereocenters. The highest BCUT2D eigenvalue weighted by atomic mass is 79.9. The summed E-state index contributed by atoms with van der Waals surface area (Å²) in [6, 6.07) is 8.13. The average Bonchev–Trinajstić information content (AvgIpc) is 2.54. The van der Waals surface area contributed by atoms with Crippen LogP contribution in [0.25, 0.3) is 11.0 Å². The van der Waals surface area contributed by atoms with E-state index in [1.807, 2.05) is 18.2 Å². The first-order chi connectivity index (χ1) is 6.83. The molecule has 0 spiro atoms. The van der Waals surface area contributed by atoms with Gasteiger partial charge in [-0.1, -0.05) is 25.5 Å². The lowest BCUT2D eigenvalue weighted by Crippen LogP contribution is -1.80. The zero-order valence-corrected chi connectivity index (χ0v) is 9.80. The first-order valence-corrected chi connectivity index (χ1v) is 5.78. The molecule has 0 radical (unpaired) electrons. The first kappa shape index (κ1) is 9.78. The molecule has 74 valence electrons. The Morgan fingerprint density at radius 2 is 2.07 bits per heavy atom. The number of benzene rings is 1. The molecule has 0 saturated carbocycles. The summed E-state index contributed by atoms with van der Waals surface area (Å²) >= 11 is 3.59. The number of rotatable bonds is 3. The van der Waals surface area contributed by atoms with Gasteiger partial charge in [0, 0.05) is 11.8 Å². The molecule has 2 heteroatoms. The average molecular weight is 253 g/mol. The summed E-state index contributed by atoms with van der Waals surface area (Å²) in [5, 5.41) is 1.18. The predicted molar refractivity (Wildman–Crippen MR) is 62.5 cm³/mol. The standard InChI is InChI=1S/C12H13BrO/c1-2-3-7-11-12(13)9-6-4-5-8-10(9)14-11/h4-6,8H,2-3,7H2,1H3. The maximum Gasteiger partial charge on any atom is 0.135 e. The lowest BCUT2D eigenvalue weighted by Gasteiger charge is -1.93. The fourth-order valence-electron chi connectivity index (χ4n) is 1.56. The van der Waals surface area contributed by atoms with Gasteiger partial charge in [-0.2, -0.15) is 0 Å². The Morgan fingerprint density at radius 3 is 2.79 bits per heavy atom. The SMILES string of the molecule is CCCCc1oc2ccccc2c1Br. The minimum absolute atomic E-state index is 0.977. The van der Waals surface area contributed by atoms with Gasteiger partial charge in [-0.25, -0.2) is 0 Å². The third kappa shape index (κ3) is 1.71. The van der Waals surface area contributed by atoms with E-state index in [0.717, 1.165) is 22.2 Å². The van der Waals surface area contributed by atoms with Crippen LogP contribution in [0.4, 0.5) is 0 Å². The molecule has 14 heavy (non-hydrogen) atoms. The van der Waals surface area contributed by atoms with Crippen LogP contribution in [0.1, 0.15) is 25.5 Å². The summed E-state index contributed by atoms with van der Waals surface area (Å²) in [6.45, 7) is 2.19. The highest BCUT2D eigenvalue weighted by Crippen LogP contribution is 2.31. The van der Waals surface area contributed by atoms with Gasteiger partial charge in [0.1, 0.15) is 11.3 Å². The second kappa shape index (κ2) is 4.18. The molecule has 1 aromatic carbocycles. The van der Waals surface area contributed by atoms with Gasteiger partial charge < -0.3 is 4.42 Å². The molecule has 0 fully saturated rings. The molecule has 0 amide bonds. The van der Waals surface area contributed by atoms with E-state index in [-0.39, 0.29) is 0 Å². The molecule has 0 bridgehead atoms. The van der Waals surface area contributed by atoms with Crippen molar-refractivity contribution in [1.82, 2.24) is 0 Å². The maximum atomic E-state index is 5.75. The van der Waals surface area contributed by atoms with E-state index in [1.165, 1.54) is 18.2 Å². The Morgan fingerprint density at radius 1 is 1.29 bits per heavy atom. The molecular formula is C12H13BrO. The van der Waals surface area contributed by atoms with E-state index in [9.17, 15) is 0 Å².